The fourth-order valence-electron chi connectivity index (χ4n) is 0.246. The summed E-state index contributed by atoms with van der Waals surface area (Å²) in [6.07, 6.45) is 1.07. The Morgan fingerprint density at radius 2 is 2.14 bits per heavy atom. The third-order valence-corrected chi connectivity index (χ3v) is 1.48. The quantitative estimate of drug-likeness (QED) is 0.486. The van der Waals surface area contributed by atoms with Crippen LogP contribution in [0.5, 0.6) is 0 Å². The van der Waals surface area contributed by atoms with Crippen LogP contribution in [-0.2, 0) is 32.7 Å². The van der Waals surface area contributed by atoms with E-state index >= 15 is 0 Å². The van der Waals surface area contributed by atoms with Crippen molar-refractivity contribution in [1.29, 1.82) is 0 Å². The molecule has 7 heavy (non-hydrogen) atoms. The largest absolute Gasteiger partial charge is 0.343 e. The Balaban J connectivity index is 0. The second kappa shape index (κ2) is 10.4. The van der Waals surface area contributed by atoms with Crippen LogP contribution in [0.25, 0.3) is 0 Å². The van der Waals surface area contributed by atoms with Gasteiger partial charge in [-0.2, -0.15) is 18.2 Å². The van der Waals surface area contributed by atoms with Gasteiger partial charge in [-0.1, -0.05) is 6.92 Å². The van der Waals surface area contributed by atoms with Crippen molar-refractivity contribution < 1.29 is 32.7 Å². The SMILES string of the molecule is [CH2-]CCSCC.[Y]. The van der Waals surface area contributed by atoms with Crippen LogP contribution in [0.3, 0.4) is 0 Å². The summed E-state index contributed by atoms with van der Waals surface area (Å²) in [6, 6.07) is 0. The van der Waals surface area contributed by atoms with E-state index in [-0.39, 0.29) is 32.7 Å². The molecule has 0 bridgehead atoms. The fourth-order valence-corrected chi connectivity index (χ4v) is 0.739. The Morgan fingerprint density at radius 1 is 1.57 bits per heavy atom. The first-order valence-electron chi connectivity index (χ1n) is 2.28. The molecule has 0 aromatic heterocycles. The van der Waals surface area contributed by atoms with Gasteiger partial charge in [0.15, 0.2) is 0 Å². The molecule has 0 aromatic carbocycles. The molecule has 1 radical (unpaired) electrons. The summed E-state index contributed by atoms with van der Waals surface area (Å²) in [5.74, 6) is 2.45. The maximum absolute atomic E-state index is 3.70. The van der Waals surface area contributed by atoms with Gasteiger partial charge < -0.3 is 6.92 Å². The zero-order valence-corrected chi connectivity index (χ0v) is 8.47. The molecule has 0 aliphatic heterocycles. The average Bonchev–Trinajstić information content (AvgIpc) is 1.61. The normalized spacial score (nSPS) is 7.71. The molecule has 2 heteroatoms. The minimum absolute atomic E-state index is 0. The molecule has 0 aromatic rings. The van der Waals surface area contributed by atoms with E-state index in [1.165, 1.54) is 11.5 Å². The van der Waals surface area contributed by atoms with Gasteiger partial charge in [0.2, 0.25) is 0 Å². The number of rotatable bonds is 3. The third-order valence-electron chi connectivity index (χ3n) is 0.493. The molecule has 41 valence electrons. The van der Waals surface area contributed by atoms with Gasteiger partial charge in [0.05, 0.1) is 0 Å². The Bertz CT molecular complexity index is 20.0. The second-order valence-corrected chi connectivity index (χ2v) is 2.44. The summed E-state index contributed by atoms with van der Waals surface area (Å²) >= 11 is 1.95. The summed E-state index contributed by atoms with van der Waals surface area (Å²) in [6.45, 7) is 5.87. The molecular weight excluding hydrogens is 181 g/mol. The molecule has 0 saturated heterocycles. The fraction of sp³-hybridized carbons (Fsp3) is 0.800. The molecule has 0 unspecified atom stereocenters. The van der Waals surface area contributed by atoms with Gasteiger partial charge in [-0.25, -0.2) is 0 Å². The van der Waals surface area contributed by atoms with Crippen molar-refractivity contribution in [1.82, 2.24) is 0 Å². The molecular formula is C5H11SY-. The van der Waals surface area contributed by atoms with E-state index in [1.807, 2.05) is 11.8 Å². The van der Waals surface area contributed by atoms with E-state index < -0.39 is 0 Å². The minimum Gasteiger partial charge on any atom is -0.343 e. The zero-order chi connectivity index (χ0) is 4.83. The van der Waals surface area contributed by atoms with E-state index in [1.54, 1.807) is 0 Å². The van der Waals surface area contributed by atoms with Crippen LogP contribution >= 0.6 is 11.8 Å². The first-order chi connectivity index (χ1) is 2.91. The van der Waals surface area contributed by atoms with Crippen molar-refractivity contribution in [3.05, 3.63) is 6.92 Å². The third kappa shape index (κ3) is 11.2. The molecule has 0 rings (SSSR count). The van der Waals surface area contributed by atoms with Gasteiger partial charge in [-0.15, -0.1) is 0 Å². The van der Waals surface area contributed by atoms with E-state index in [0.717, 1.165) is 6.42 Å². The Labute approximate surface area is 75.7 Å². The van der Waals surface area contributed by atoms with Gasteiger partial charge in [-0.3, -0.25) is 0 Å². The molecule has 0 N–H and O–H groups in total. The average molecular weight is 192 g/mol. The summed E-state index contributed by atoms with van der Waals surface area (Å²) in [5.41, 5.74) is 0. The molecule has 0 amide bonds. The zero-order valence-electron chi connectivity index (χ0n) is 4.81. The van der Waals surface area contributed by atoms with E-state index in [9.17, 15) is 0 Å². The molecule has 0 saturated carbocycles. The van der Waals surface area contributed by atoms with Crippen molar-refractivity contribution in [3.63, 3.8) is 0 Å². The molecule has 0 nitrogen and oxygen atoms in total. The molecule has 0 fully saturated rings. The van der Waals surface area contributed by atoms with Crippen LogP contribution < -0.4 is 0 Å². The van der Waals surface area contributed by atoms with E-state index in [0.29, 0.717) is 0 Å². The first-order valence-corrected chi connectivity index (χ1v) is 3.44. The van der Waals surface area contributed by atoms with Gasteiger partial charge in [0.1, 0.15) is 0 Å². The van der Waals surface area contributed by atoms with Gasteiger partial charge in [0, 0.05) is 32.7 Å². The van der Waals surface area contributed by atoms with Crippen molar-refractivity contribution in [2.45, 2.75) is 13.3 Å². The van der Waals surface area contributed by atoms with Crippen LogP contribution in [0.1, 0.15) is 13.3 Å². The standard InChI is InChI=1S/C5H11S.Y/c1-3-5-6-4-2;/h1,3-5H2,2H3;/q-1;. The number of hydrogen-bond acceptors (Lipinski definition) is 1. The van der Waals surface area contributed by atoms with E-state index in [4.69, 9.17) is 0 Å². The predicted molar refractivity (Wildman–Crippen MR) is 33.0 cm³/mol. The topological polar surface area (TPSA) is 0 Å². The molecule has 0 aliphatic carbocycles. The maximum atomic E-state index is 3.70. The second-order valence-electron chi connectivity index (χ2n) is 1.05. The van der Waals surface area contributed by atoms with Crippen LogP contribution in [0.4, 0.5) is 0 Å². The van der Waals surface area contributed by atoms with Crippen molar-refractivity contribution in [2.24, 2.45) is 0 Å². The van der Waals surface area contributed by atoms with Gasteiger partial charge in [0.25, 0.3) is 0 Å². The van der Waals surface area contributed by atoms with Crippen LogP contribution in [0, 0.1) is 6.92 Å². The molecule has 0 heterocycles. The summed E-state index contributed by atoms with van der Waals surface area (Å²) in [5, 5.41) is 0. The Kier molecular flexibility index (Phi) is 16.8. The van der Waals surface area contributed by atoms with Crippen LogP contribution in [-0.4, -0.2) is 11.5 Å². The first kappa shape index (κ1) is 11.3. The Hall–Kier alpha value is 1.45. The minimum atomic E-state index is 0. The number of thioether (sulfide) groups is 1. The summed E-state index contributed by atoms with van der Waals surface area (Å²) in [4.78, 5) is 0. The van der Waals surface area contributed by atoms with Gasteiger partial charge in [-0.05, 0) is 11.5 Å². The monoisotopic (exact) mass is 192 g/mol. The summed E-state index contributed by atoms with van der Waals surface area (Å²) < 4.78 is 0. The maximum Gasteiger partial charge on any atom is 0 e. The van der Waals surface area contributed by atoms with Crippen molar-refractivity contribution >= 4 is 11.8 Å². The summed E-state index contributed by atoms with van der Waals surface area (Å²) in [7, 11) is 0. The van der Waals surface area contributed by atoms with Gasteiger partial charge >= 0.3 is 0 Å². The molecule has 0 aliphatic rings. The van der Waals surface area contributed by atoms with Crippen LogP contribution in [0.2, 0.25) is 0 Å². The number of hydrogen-bond donors (Lipinski definition) is 0. The van der Waals surface area contributed by atoms with Crippen molar-refractivity contribution in [3.8, 4) is 0 Å². The van der Waals surface area contributed by atoms with E-state index in [2.05, 4.69) is 13.8 Å². The Morgan fingerprint density at radius 3 is 2.29 bits per heavy atom. The predicted octanol–water partition coefficient (Wildman–Crippen LogP) is 1.96. The van der Waals surface area contributed by atoms with Crippen molar-refractivity contribution in [2.75, 3.05) is 11.5 Å². The van der Waals surface area contributed by atoms with Crippen LogP contribution in [0.15, 0.2) is 0 Å². The molecule has 0 spiro atoms. The smallest absolute Gasteiger partial charge is 0 e. The molecule has 0 atom stereocenters.